The number of aldehydes is 4. The van der Waals surface area contributed by atoms with Crippen molar-refractivity contribution in [3.05, 3.63) is 70.8 Å². The van der Waals surface area contributed by atoms with Crippen LogP contribution in [0.1, 0.15) is 41.4 Å². The third-order valence-electron chi connectivity index (χ3n) is 6.72. The van der Waals surface area contributed by atoms with E-state index in [4.69, 9.17) is 19.9 Å². The predicted molar refractivity (Wildman–Crippen MR) is 151 cm³/mol. The quantitative estimate of drug-likeness (QED) is 0.350. The fraction of sp³-hybridized carbons (Fsp3) is 0.143. The molecule has 0 N–H and O–H groups in total. The number of rotatable bonds is 4. The number of nitrogens with zero attached hydrogens (tertiary/aromatic N) is 8. The average Bonchev–Trinajstić information content (AvgIpc) is 3.01. The minimum atomic E-state index is 0.233. The molecule has 5 rings (SSSR count). The van der Waals surface area contributed by atoms with Crippen molar-refractivity contribution < 1.29 is 19.2 Å². The van der Waals surface area contributed by atoms with Crippen LogP contribution in [0.2, 0.25) is 0 Å². The zero-order valence-electron chi connectivity index (χ0n) is 22.1. The van der Waals surface area contributed by atoms with Gasteiger partial charge in [-0.1, -0.05) is 0 Å². The van der Waals surface area contributed by atoms with Crippen molar-refractivity contribution in [2.24, 2.45) is 0 Å². The number of hydrogen-bond acceptors (Lipinski definition) is 12. The standard InChI is InChI=1S/C28H24N8O4/c1-33-21-9-5-17(13-37)25(29-21)34(2)23-11-7-19(15-39)27(31-23)36(4)28-20(16-40)8-12-24(32-28)35(3)26-18(14-38)6-10-22(33)30-26/h5-16H,1-4H3. The highest BCUT2D eigenvalue weighted by Gasteiger charge is 2.23. The van der Waals surface area contributed by atoms with Gasteiger partial charge in [0.2, 0.25) is 0 Å². The summed E-state index contributed by atoms with van der Waals surface area (Å²) in [5, 5.41) is 0. The van der Waals surface area contributed by atoms with Crippen LogP contribution in [0, 0.1) is 0 Å². The van der Waals surface area contributed by atoms with E-state index in [1.165, 1.54) is 4.90 Å². The number of pyridine rings is 4. The van der Waals surface area contributed by atoms with Gasteiger partial charge < -0.3 is 19.6 Å². The number of carbonyl (C=O) groups is 4. The summed E-state index contributed by atoms with van der Waals surface area (Å²) >= 11 is 0. The zero-order valence-corrected chi connectivity index (χ0v) is 22.1. The first-order valence-electron chi connectivity index (χ1n) is 12.1. The first-order valence-corrected chi connectivity index (χ1v) is 12.1. The Bertz CT molecular complexity index is 1550. The molecule has 0 aliphatic carbocycles. The van der Waals surface area contributed by atoms with E-state index in [9.17, 15) is 19.2 Å². The lowest BCUT2D eigenvalue weighted by atomic mass is 10.2. The van der Waals surface area contributed by atoms with Crippen LogP contribution < -0.4 is 19.6 Å². The van der Waals surface area contributed by atoms with Gasteiger partial charge in [-0.05, 0) is 48.5 Å². The van der Waals surface area contributed by atoms with Gasteiger partial charge in [0.15, 0.2) is 25.1 Å². The Labute approximate surface area is 229 Å². The van der Waals surface area contributed by atoms with Crippen LogP contribution in [-0.2, 0) is 0 Å². The first-order chi connectivity index (χ1) is 19.3. The fourth-order valence-electron chi connectivity index (χ4n) is 4.42. The van der Waals surface area contributed by atoms with Gasteiger partial charge >= 0.3 is 0 Å². The summed E-state index contributed by atoms with van der Waals surface area (Å²) in [6.45, 7) is 0. The Hall–Kier alpha value is -5.52. The second-order valence-electron chi connectivity index (χ2n) is 9.04. The number of carbonyl (C=O) groups excluding carboxylic acids is 4. The van der Waals surface area contributed by atoms with Gasteiger partial charge in [0.1, 0.15) is 46.5 Å². The molecule has 5 heterocycles. The van der Waals surface area contributed by atoms with Crippen LogP contribution in [0.5, 0.6) is 0 Å². The summed E-state index contributed by atoms with van der Waals surface area (Å²) in [4.78, 5) is 73.3. The molecule has 40 heavy (non-hydrogen) atoms. The van der Waals surface area contributed by atoms with Crippen LogP contribution in [0.3, 0.4) is 0 Å². The molecule has 0 aromatic carbocycles. The van der Waals surface area contributed by atoms with E-state index in [2.05, 4.69) is 0 Å². The Morgan fingerprint density at radius 1 is 0.400 bits per heavy atom. The van der Waals surface area contributed by atoms with E-state index in [1.807, 2.05) is 0 Å². The summed E-state index contributed by atoms with van der Waals surface area (Å²) in [7, 11) is 6.81. The minimum absolute atomic E-state index is 0.233. The summed E-state index contributed by atoms with van der Waals surface area (Å²) in [5.74, 6) is 2.87. The van der Waals surface area contributed by atoms with Crippen molar-refractivity contribution >= 4 is 71.7 Å². The van der Waals surface area contributed by atoms with E-state index < -0.39 is 0 Å². The Balaban J connectivity index is 1.84. The molecule has 0 fully saturated rings. The summed E-state index contributed by atoms with van der Waals surface area (Å²) in [6.07, 6.45) is 2.72. The van der Waals surface area contributed by atoms with Gasteiger partial charge in [-0.3, -0.25) is 19.2 Å². The van der Waals surface area contributed by atoms with Crippen molar-refractivity contribution in [3.8, 4) is 0 Å². The van der Waals surface area contributed by atoms with E-state index in [0.29, 0.717) is 71.2 Å². The summed E-state index contributed by atoms with van der Waals surface area (Å²) in [6, 6.07) is 13.1. The molecular formula is C28H24N8O4. The topological polar surface area (TPSA) is 133 Å². The van der Waals surface area contributed by atoms with Crippen molar-refractivity contribution in [2.75, 3.05) is 47.8 Å². The lowest BCUT2D eigenvalue weighted by Crippen LogP contribution is -2.23. The average molecular weight is 537 g/mol. The molecule has 0 spiro atoms. The monoisotopic (exact) mass is 536 g/mol. The van der Waals surface area contributed by atoms with Crippen LogP contribution >= 0.6 is 0 Å². The molecule has 1 aliphatic rings. The molecular weight excluding hydrogens is 512 g/mol. The molecule has 200 valence electrons. The SMILES string of the molecule is CN1c2ccc(C=O)c(n2)N(C)c2ccc(C=O)c(n2)N(C)c2nc(ccc2C=O)N(C)c2nc1ccc2C=O. The van der Waals surface area contributed by atoms with E-state index in [0.717, 1.165) is 0 Å². The second kappa shape index (κ2) is 10.3. The first kappa shape index (κ1) is 26.1. The van der Waals surface area contributed by atoms with Gasteiger partial charge in [0.05, 0.1) is 22.3 Å². The molecule has 4 aromatic rings. The van der Waals surface area contributed by atoms with Crippen LogP contribution in [0.25, 0.3) is 0 Å². The maximum Gasteiger partial charge on any atom is 0.153 e. The molecule has 0 radical (unpaired) electrons. The number of hydrogen-bond donors (Lipinski definition) is 0. The fourth-order valence-corrected chi connectivity index (χ4v) is 4.42. The second-order valence-corrected chi connectivity index (χ2v) is 9.04. The van der Waals surface area contributed by atoms with Gasteiger partial charge in [0.25, 0.3) is 0 Å². The van der Waals surface area contributed by atoms with Crippen LogP contribution in [0.4, 0.5) is 46.5 Å². The van der Waals surface area contributed by atoms with Gasteiger partial charge in [-0.15, -0.1) is 0 Å². The van der Waals surface area contributed by atoms with Crippen LogP contribution in [-0.4, -0.2) is 73.3 Å². The molecule has 0 saturated carbocycles. The van der Waals surface area contributed by atoms with Crippen molar-refractivity contribution in [1.29, 1.82) is 0 Å². The van der Waals surface area contributed by atoms with Crippen molar-refractivity contribution in [2.45, 2.75) is 0 Å². The lowest BCUT2D eigenvalue weighted by Gasteiger charge is -2.27. The Morgan fingerprint density at radius 2 is 0.650 bits per heavy atom. The Morgan fingerprint density at radius 3 is 0.925 bits per heavy atom. The third-order valence-corrected chi connectivity index (χ3v) is 6.72. The molecule has 12 heteroatoms. The normalized spacial score (nSPS) is 12.7. The van der Waals surface area contributed by atoms with Crippen molar-refractivity contribution in [1.82, 2.24) is 19.9 Å². The number of aromatic nitrogens is 4. The highest BCUT2D eigenvalue weighted by atomic mass is 16.1. The molecule has 0 unspecified atom stereocenters. The van der Waals surface area contributed by atoms with E-state index in [1.54, 1.807) is 91.4 Å². The lowest BCUT2D eigenvalue weighted by molar-refractivity contribution is 0.111. The maximum absolute atomic E-state index is 12.0. The molecule has 1 aliphatic heterocycles. The molecule has 8 bridgehead atoms. The molecule has 0 atom stereocenters. The molecule has 4 aromatic heterocycles. The Kier molecular flexibility index (Phi) is 6.74. The summed E-state index contributed by atoms with van der Waals surface area (Å²) in [5.41, 5.74) is 1.15. The molecule has 0 amide bonds. The highest BCUT2D eigenvalue weighted by molar-refractivity contribution is 5.91. The van der Waals surface area contributed by atoms with Gasteiger partial charge in [-0.25, -0.2) is 19.9 Å². The maximum atomic E-state index is 12.0. The zero-order chi connectivity index (χ0) is 28.6. The largest absolute Gasteiger partial charge is 0.314 e. The number of fused-ring (bicyclic) bond motifs is 8. The van der Waals surface area contributed by atoms with Crippen molar-refractivity contribution in [3.63, 3.8) is 0 Å². The van der Waals surface area contributed by atoms with E-state index in [-0.39, 0.29) is 22.8 Å². The smallest absolute Gasteiger partial charge is 0.153 e. The summed E-state index contributed by atoms with van der Waals surface area (Å²) < 4.78 is 0. The van der Waals surface area contributed by atoms with E-state index >= 15 is 0 Å². The third kappa shape index (κ3) is 4.30. The van der Waals surface area contributed by atoms with Gasteiger partial charge in [0, 0.05) is 28.2 Å². The van der Waals surface area contributed by atoms with Gasteiger partial charge in [-0.2, -0.15) is 0 Å². The minimum Gasteiger partial charge on any atom is -0.314 e. The highest BCUT2D eigenvalue weighted by Crippen LogP contribution is 2.35. The predicted octanol–water partition coefficient (Wildman–Crippen LogP) is 3.90. The number of anilines is 8. The molecule has 0 saturated heterocycles. The molecule has 12 nitrogen and oxygen atoms in total. The van der Waals surface area contributed by atoms with Crippen LogP contribution in [0.15, 0.2) is 48.5 Å².